The van der Waals surface area contributed by atoms with Crippen LogP contribution in [0.2, 0.25) is 0 Å². The highest BCUT2D eigenvalue weighted by atomic mass is 16.3. The van der Waals surface area contributed by atoms with E-state index >= 15 is 0 Å². The highest BCUT2D eigenvalue weighted by Crippen LogP contribution is 2.43. The van der Waals surface area contributed by atoms with Gasteiger partial charge in [0.2, 0.25) is 0 Å². The molecule has 238 valence electrons. The first-order chi connectivity index (χ1) is 25.2. The number of hydrogen-bond donors (Lipinski definition) is 0. The number of rotatable bonds is 5. The van der Waals surface area contributed by atoms with Crippen molar-refractivity contribution in [2.45, 2.75) is 0 Å². The first-order valence-electron chi connectivity index (χ1n) is 17.1. The molecule has 0 radical (unpaired) electrons. The number of para-hydroxylation sites is 1. The number of nitrogens with zero attached hydrogens (tertiary/aromatic N) is 3. The third-order valence-electron chi connectivity index (χ3n) is 9.72. The molecule has 2 heterocycles. The summed E-state index contributed by atoms with van der Waals surface area (Å²) >= 11 is 0. The second-order valence-corrected chi connectivity index (χ2v) is 12.8. The molecule has 0 saturated heterocycles. The van der Waals surface area contributed by atoms with Gasteiger partial charge in [-0.2, -0.15) is 0 Å². The van der Waals surface area contributed by atoms with Gasteiger partial charge in [-0.15, -0.1) is 0 Å². The number of fused-ring (bicyclic) bond motifs is 5. The fraction of sp³-hybridized carbons (Fsp3) is 0. The summed E-state index contributed by atoms with van der Waals surface area (Å²) in [6.07, 6.45) is 0. The molecule has 8 aromatic carbocycles. The molecule has 0 spiro atoms. The molecule has 0 unspecified atom stereocenters. The maximum Gasteiger partial charge on any atom is 0.165 e. The minimum Gasteiger partial charge on any atom is -0.456 e. The topological polar surface area (TPSA) is 51.8 Å². The summed E-state index contributed by atoms with van der Waals surface area (Å²) in [5.41, 5.74) is 8.78. The van der Waals surface area contributed by atoms with E-state index in [2.05, 4.69) is 158 Å². The molecule has 0 N–H and O–H groups in total. The first kappa shape index (κ1) is 29.0. The standard InChI is InChI=1S/C47H29N3O/c1-2-10-30(11-3-1)33-18-22-34(23-19-33)45-48-46(38-25-21-32-13-5-7-15-36(32)29-38)50-47(49-45)44-39(37-24-20-31-12-4-6-14-35(31)28-37)26-27-42-43(44)40-16-8-9-17-41(40)51-42/h1-29H. The summed E-state index contributed by atoms with van der Waals surface area (Å²) in [6, 6.07) is 61.1. The second-order valence-electron chi connectivity index (χ2n) is 12.8. The lowest BCUT2D eigenvalue weighted by Crippen LogP contribution is -2.01. The number of furan rings is 1. The quantitative estimate of drug-likeness (QED) is 0.186. The predicted molar refractivity (Wildman–Crippen MR) is 209 cm³/mol. The van der Waals surface area contributed by atoms with E-state index in [4.69, 9.17) is 19.4 Å². The maximum absolute atomic E-state index is 6.44. The molecule has 0 aliphatic rings. The molecule has 0 bridgehead atoms. The fourth-order valence-electron chi connectivity index (χ4n) is 7.16. The van der Waals surface area contributed by atoms with Crippen LogP contribution < -0.4 is 0 Å². The molecule has 0 amide bonds. The molecule has 4 heteroatoms. The molecular formula is C47H29N3O. The highest BCUT2D eigenvalue weighted by Gasteiger charge is 2.22. The summed E-state index contributed by atoms with van der Waals surface area (Å²) in [7, 11) is 0. The van der Waals surface area contributed by atoms with Crippen LogP contribution in [-0.2, 0) is 0 Å². The Morgan fingerprint density at radius 3 is 1.61 bits per heavy atom. The van der Waals surface area contributed by atoms with Gasteiger partial charge < -0.3 is 4.42 Å². The van der Waals surface area contributed by atoms with Crippen LogP contribution in [0.1, 0.15) is 0 Å². The van der Waals surface area contributed by atoms with Crippen molar-refractivity contribution in [1.29, 1.82) is 0 Å². The Bertz CT molecular complexity index is 2910. The number of aromatic nitrogens is 3. The van der Waals surface area contributed by atoms with E-state index in [0.717, 1.165) is 66.3 Å². The molecule has 51 heavy (non-hydrogen) atoms. The van der Waals surface area contributed by atoms with Crippen molar-refractivity contribution in [2.75, 3.05) is 0 Å². The third-order valence-corrected chi connectivity index (χ3v) is 9.72. The van der Waals surface area contributed by atoms with E-state index in [-0.39, 0.29) is 0 Å². The zero-order chi connectivity index (χ0) is 33.7. The largest absolute Gasteiger partial charge is 0.456 e. The van der Waals surface area contributed by atoms with Crippen molar-refractivity contribution >= 4 is 43.5 Å². The van der Waals surface area contributed by atoms with Crippen molar-refractivity contribution in [3.63, 3.8) is 0 Å². The van der Waals surface area contributed by atoms with E-state index in [1.54, 1.807) is 0 Å². The van der Waals surface area contributed by atoms with Crippen LogP contribution in [0.25, 0.3) is 99.9 Å². The summed E-state index contributed by atoms with van der Waals surface area (Å²) < 4.78 is 6.44. The van der Waals surface area contributed by atoms with Crippen LogP contribution >= 0.6 is 0 Å². The van der Waals surface area contributed by atoms with Crippen LogP contribution in [0.5, 0.6) is 0 Å². The van der Waals surface area contributed by atoms with Gasteiger partial charge in [0.25, 0.3) is 0 Å². The Hall–Kier alpha value is -6.91. The van der Waals surface area contributed by atoms with Gasteiger partial charge in [0, 0.05) is 27.5 Å². The third kappa shape index (κ3) is 5.13. The average Bonchev–Trinajstić information content (AvgIpc) is 3.59. The van der Waals surface area contributed by atoms with Gasteiger partial charge in [-0.05, 0) is 74.1 Å². The van der Waals surface area contributed by atoms with Crippen LogP contribution in [0.15, 0.2) is 180 Å². The first-order valence-corrected chi connectivity index (χ1v) is 17.1. The minimum atomic E-state index is 0.593. The lowest BCUT2D eigenvalue weighted by Gasteiger charge is -2.14. The molecule has 0 saturated carbocycles. The second kappa shape index (κ2) is 11.9. The van der Waals surface area contributed by atoms with Gasteiger partial charge in [0.15, 0.2) is 17.5 Å². The van der Waals surface area contributed by atoms with E-state index < -0.39 is 0 Å². The van der Waals surface area contributed by atoms with Crippen LogP contribution in [0.4, 0.5) is 0 Å². The van der Waals surface area contributed by atoms with Crippen molar-refractivity contribution in [2.24, 2.45) is 0 Å². The molecular weight excluding hydrogens is 623 g/mol. The summed E-state index contributed by atoms with van der Waals surface area (Å²) in [6.45, 7) is 0. The molecule has 0 aliphatic heterocycles. The minimum absolute atomic E-state index is 0.593. The van der Waals surface area contributed by atoms with Gasteiger partial charge in [-0.1, -0.05) is 146 Å². The summed E-state index contributed by atoms with van der Waals surface area (Å²) in [5, 5.41) is 6.66. The summed E-state index contributed by atoms with van der Waals surface area (Å²) in [5.74, 6) is 1.81. The van der Waals surface area contributed by atoms with Crippen molar-refractivity contribution in [3.05, 3.63) is 176 Å². The molecule has 0 fully saturated rings. The molecule has 10 aromatic rings. The Balaban J connectivity index is 1.25. The Morgan fingerprint density at radius 2 is 0.863 bits per heavy atom. The molecule has 0 aliphatic carbocycles. The van der Waals surface area contributed by atoms with Gasteiger partial charge in [-0.3, -0.25) is 0 Å². The molecule has 4 nitrogen and oxygen atoms in total. The maximum atomic E-state index is 6.44. The molecule has 2 aromatic heterocycles. The summed E-state index contributed by atoms with van der Waals surface area (Å²) in [4.78, 5) is 15.7. The lowest BCUT2D eigenvalue weighted by atomic mass is 9.93. The van der Waals surface area contributed by atoms with Crippen LogP contribution in [0.3, 0.4) is 0 Å². The Kier molecular flexibility index (Phi) is 6.78. The average molecular weight is 652 g/mol. The van der Waals surface area contributed by atoms with Crippen LogP contribution in [0, 0.1) is 0 Å². The Labute approximate surface area is 294 Å². The predicted octanol–water partition coefficient (Wildman–Crippen LogP) is 12.4. The zero-order valence-electron chi connectivity index (χ0n) is 27.5. The normalized spacial score (nSPS) is 11.5. The van der Waals surface area contributed by atoms with E-state index in [1.807, 2.05) is 18.2 Å². The van der Waals surface area contributed by atoms with E-state index in [1.165, 1.54) is 16.2 Å². The van der Waals surface area contributed by atoms with E-state index in [9.17, 15) is 0 Å². The van der Waals surface area contributed by atoms with E-state index in [0.29, 0.717) is 17.5 Å². The van der Waals surface area contributed by atoms with Crippen LogP contribution in [-0.4, -0.2) is 15.0 Å². The van der Waals surface area contributed by atoms with Gasteiger partial charge in [0.05, 0.1) is 0 Å². The van der Waals surface area contributed by atoms with Gasteiger partial charge >= 0.3 is 0 Å². The van der Waals surface area contributed by atoms with Gasteiger partial charge in [-0.25, -0.2) is 15.0 Å². The smallest absolute Gasteiger partial charge is 0.165 e. The zero-order valence-corrected chi connectivity index (χ0v) is 27.5. The Morgan fingerprint density at radius 1 is 0.333 bits per heavy atom. The number of benzene rings is 8. The highest BCUT2D eigenvalue weighted by molar-refractivity contribution is 6.15. The van der Waals surface area contributed by atoms with Crippen molar-refractivity contribution < 1.29 is 4.42 Å². The lowest BCUT2D eigenvalue weighted by molar-refractivity contribution is 0.669. The SMILES string of the molecule is c1ccc(-c2ccc(-c3nc(-c4ccc5ccccc5c4)nc(-c4c(-c5ccc6ccccc6c5)ccc5oc6ccccc6c45)n3)cc2)cc1. The molecule has 10 rings (SSSR count). The van der Waals surface area contributed by atoms with Crippen molar-refractivity contribution in [1.82, 2.24) is 15.0 Å². The fourth-order valence-corrected chi connectivity index (χ4v) is 7.16. The van der Waals surface area contributed by atoms with Gasteiger partial charge in [0.1, 0.15) is 11.2 Å². The van der Waals surface area contributed by atoms with Crippen molar-refractivity contribution in [3.8, 4) is 56.4 Å². The molecule has 0 atom stereocenters. The number of hydrogen-bond acceptors (Lipinski definition) is 4. The monoisotopic (exact) mass is 651 g/mol.